The van der Waals surface area contributed by atoms with Crippen LogP contribution in [-0.4, -0.2) is 43.1 Å². The van der Waals surface area contributed by atoms with Gasteiger partial charge in [0.05, 0.1) is 12.2 Å². The lowest BCUT2D eigenvalue weighted by molar-refractivity contribution is 0.101. The molecule has 0 bridgehead atoms. The van der Waals surface area contributed by atoms with Gasteiger partial charge in [0.25, 0.3) is 0 Å². The van der Waals surface area contributed by atoms with E-state index in [1.54, 1.807) is 12.1 Å². The van der Waals surface area contributed by atoms with Gasteiger partial charge in [-0.15, -0.1) is 0 Å². The number of nitrogen functional groups attached to an aromatic ring is 1. The number of carbonyl (C=O) groups is 1. The van der Waals surface area contributed by atoms with Crippen LogP contribution < -0.4 is 10.5 Å². The molecule has 0 radical (unpaired) electrons. The van der Waals surface area contributed by atoms with E-state index in [9.17, 15) is 13.2 Å². The molecule has 2 N–H and O–H groups in total. The van der Waals surface area contributed by atoms with Crippen molar-refractivity contribution >= 4 is 21.4 Å². The van der Waals surface area contributed by atoms with Crippen LogP contribution >= 0.6 is 0 Å². The van der Waals surface area contributed by atoms with Crippen LogP contribution in [0.2, 0.25) is 0 Å². The Labute approximate surface area is 200 Å². The second-order valence-electron chi connectivity index (χ2n) is 8.02. The number of pyridine rings is 2. The summed E-state index contributed by atoms with van der Waals surface area (Å²) in [6.07, 6.45) is 0.524. The number of anilines is 1. The predicted molar refractivity (Wildman–Crippen MR) is 130 cm³/mol. The van der Waals surface area contributed by atoms with Gasteiger partial charge in [-0.1, -0.05) is 23.8 Å². The molecule has 0 fully saturated rings. The Balaban J connectivity index is 1.98. The summed E-state index contributed by atoms with van der Waals surface area (Å²) in [5.74, 6) is -0.737. The smallest absolute Gasteiger partial charge is 0.230 e. The fourth-order valence-electron chi connectivity index (χ4n) is 3.58. The van der Waals surface area contributed by atoms with Crippen LogP contribution in [0.3, 0.4) is 0 Å². The number of hydrogen-bond donors (Lipinski definition) is 1. The molecule has 0 aliphatic heterocycles. The summed E-state index contributed by atoms with van der Waals surface area (Å²) in [5.41, 5.74) is 9.21. The Bertz CT molecular complexity index is 1280. The molecule has 0 aliphatic carbocycles. The van der Waals surface area contributed by atoms with Gasteiger partial charge in [0.1, 0.15) is 17.3 Å². The number of aryl methyl sites for hydroxylation is 3. The van der Waals surface area contributed by atoms with Crippen molar-refractivity contribution < 1.29 is 22.7 Å². The lowest BCUT2D eigenvalue weighted by Gasteiger charge is -2.15. The molecule has 1 aromatic carbocycles. The second-order valence-corrected chi connectivity index (χ2v) is 9.95. The minimum atomic E-state index is -4.01. The number of rotatable bonds is 10. The van der Waals surface area contributed by atoms with Crippen LogP contribution in [0.5, 0.6) is 11.6 Å². The highest BCUT2D eigenvalue weighted by molar-refractivity contribution is 7.92. The van der Waals surface area contributed by atoms with Gasteiger partial charge in [0.2, 0.25) is 15.7 Å². The molecule has 8 nitrogen and oxygen atoms in total. The number of carbonyl (C=O) groups excluding carboxylic acids is 1. The van der Waals surface area contributed by atoms with E-state index in [4.69, 9.17) is 15.2 Å². The van der Waals surface area contributed by atoms with Gasteiger partial charge in [-0.2, -0.15) is 0 Å². The molecule has 9 heteroatoms. The van der Waals surface area contributed by atoms with Crippen LogP contribution in [-0.2, 0) is 21.0 Å². The zero-order valence-corrected chi connectivity index (χ0v) is 20.6. The summed E-state index contributed by atoms with van der Waals surface area (Å²) in [7, 11) is -4.01. The van der Waals surface area contributed by atoms with Gasteiger partial charge in [0.15, 0.2) is 10.8 Å². The number of nitrogens with zero attached hydrogens (tertiary/aromatic N) is 2. The maximum atomic E-state index is 13.1. The normalized spacial score (nSPS) is 11.4. The Morgan fingerprint density at radius 1 is 1.03 bits per heavy atom. The van der Waals surface area contributed by atoms with E-state index in [1.807, 2.05) is 39.8 Å². The van der Waals surface area contributed by atoms with Crippen molar-refractivity contribution in [3.8, 4) is 11.6 Å². The molecular formula is C25H29N3O5S. The van der Waals surface area contributed by atoms with Crippen molar-refractivity contribution in [3.63, 3.8) is 0 Å². The van der Waals surface area contributed by atoms with Crippen LogP contribution in [0.1, 0.15) is 39.7 Å². The van der Waals surface area contributed by atoms with Crippen molar-refractivity contribution in [2.24, 2.45) is 0 Å². The number of benzene rings is 1. The molecule has 0 atom stereocenters. The Kier molecular flexibility index (Phi) is 8.01. The first kappa shape index (κ1) is 25.3. The zero-order valence-electron chi connectivity index (χ0n) is 19.8. The summed E-state index contributed by atoms with van der Waals surface area (Å²) in [5, 5.41) is -0.255. The van der Waals surface area contributed by atoms with Crippen molar-refractivity contribution in [3.05, 3.63) is 70.4 Å². The average Bonchev–Trinajstić information content (AvgIpc) is 2.76. The molecule has 0 saturated heterocycles. The van der Waals surface area contributed by atoms with Gasteiger partial charge in [-0.3, -0.25) is 4.79 Å². The van der Waals surface area contributed by atoms with Crippen molar-refractivity contribution in [1.82, 2.24) is 9.97 Å². The number of Topliss-reactive ketones (excluding diaryl/α,β-unsaturated/α-hetero) is 1. The summed E-state index contributed by atoms with van der Waals surface area (Å²) in [6, 6.07) is 11.4. The first-order valence-electron chi connectivity index (χ1n) is 10.9. The Hall–Kier alpha value is -3.30. The van der Waals surface area contributed by atoms with E-state index in [1.165, 1.54) is 18.2 Å². The lowest BCUT2D eigenvalue weighted by Crippen LogP contribution is -2.19. The van der Waals surface area contributed by atoms with Gasteiger partial charge in [0, 0.05) is 18.7 Å². The topological polar surface area (TPSA) is 121 Å². The van der Waals surface area contributed by atoms with Crippen molar-refractivity contribution in [2.45, 2.75) is 39.1 Å². The molecule has 0 amide bonds. The number of sulfone groups is 1. The molecule has 0 saturated carbocycles. The maximum absolute atomic E-state index is 13.1. The number of ether oxygens (including phenoxy) is 2. The van der Waals surface area contributed by atoms with Crippen molar-refractivity contribution in [1.29, 1.82) is 0 Å². The van der Waals surface area contributed by atoms with E-state index in [0.717, 1.165) is 16.7 Å². The van der Waals surface area contributed by atoms with Crippen LogP contribution in [0.25, 0.3) is 0 Å². The molecule has 0 spiro atoms. The number of aromatic nitrogens is 2. The number of ketones is 1. The fourth-order valence-corrected chi connectivity index (χ4v) is 4.76. The van der Waals surface area contributed by atoms with Gasteiger partial charge in [-0.05, 0) is 63.1 Å². The van der Waals surface area contributed by atoms with Gasteiger partial charge >= 0.3 is 0 Å². The third-order valence-corrected chi connectivity index (χ3v) is 6.62. The van der Waals surface area contributed by atoms with Crippen LogP contribution in [0, 0.1) is 20.8 Å². The van der Waals surface area contributed by atoms with Gasteiger partial charge < -0.3 is 15.2 Å². The third kappa shape index (κ3) is 6.18. The summed E-state index contributed by atoms with van der Waals surface area (Å²) in [6.45, 7) is 8.76. The highest BCUT2D eigenvalue weighted by Gasteiger charge is 2.25. The Morgan fingerprint density at radius 2 is 1.74 bits per heavy atom. The van der Waals surface area contributed by atoms with Crippen LogP contribution in [0.15, 0.2) is 47.5 Å². The predicted octanol–water partition coefficient (Wildman–Crippen LogP) is 4.01. The molecular weight excluding hydrogens is 454 g/mol. The molecule has 3 aromatic rings. The lowest BCUT2D eigenvalue weighted by atomic mass is 10.1. The van der Waals surface area contributed by atoms with Crippen molar-refractivity contribution in [2.75, 3.05) is 24.7 Å². The maximum Gasteiger partial charge on any atom is 0.230 e. The van der Waals surface area contributed by atoms with E-state index in [2.05, 4.69) is 9.97 Å². The summed E-state index contributed by atoms with van der Waals surface area (Å²) < 4.78 is 37.2. The molecule has 2 heterocycles. The fraction of sp³-hybridized carbons (Fsp3) is 0.320. The molecule has 0 unspecified atom stereocenters. The van der Waals surface area contributed by atoms with E-state index in [-0.39, 0.29) is 22.3 Å². The van der Waals surface area contributed by atoms with E-state index < -0.39 is 21.4 Å². The minimum Gasteiger partial charge on any atom is -0.438 e. The SMILES string of the molecule is CCOCCc1ccc(C(=O)CS(=O)(=O)c2cccc(N)n2)c(Oc2c(C)cc(C)cc2C)n1. The molecule has 3 rings (SSSR count). The van der Waals surface area contributed by atoms with Crippen LogP contribution in [0.4, 0.5) is 5.82 Å². The van der Waals surface area contributed by atoms with E-state index in [0.29, 0.717) is 31.1 Å². The van der Waals surface area contributed by atoms with E-state index >= 15 is 0 Å². The van der Waals surface area contributed by atoms with Gasteiger partial charge in [-0.25, -0.2) is 18.4 Å². The summed E-state index contributed by atoms with van der Waals surface area (Å²) >= 11 is 0. The Morgan fingerprint density at radius 3 is 2.38 bits per heavy atom. The second kappa shape index (κ2) is 10.8. The molecule has 2 aromatic heterocycles. The monoisotopic (exact) mass is 483 g/mol. The molecule has 34 heavy (non-hydrogen) atoms. The largest absolute Gasteiger partial charge is 0.438 e. The number of nitrogens with two attached hydrogens (primary N) is 1. The molecule has 0 aliphatic rings. The standard InChI is InChI=1S/C25H29N3O5S/c1-5-32-12-11-19-9-10-20(21(29)15-34(30,31)23-8-6-7-22(26)28-23)25(27-19)33-24-17(3)13-16(2)14-18(24)4/h6-10,13-14H,5,11-12,15H2,1-4H3,(H2,26,28). The molecule has 180 valence electrons. The highest BCUT2D eigenvalue weighted by atomic mass is 32.2. The first-order chi connectivity index (χ1) is 16.1. The minimum absolute atomic E-state index is 0.0585. The quantitative estimate of drug-likeness (QED) is 0.339. The summed E-state index contributed by atoms with van der Waals surface area (Å²) in [4.78, 5) is 21.5. The third-order valence-electron chi connectivity index (χ3n) is 5.11. The highest BCUT2D eigenvalue weighted by Crippen LogP contribution is 2.31. The first-order valence-corrected chi connectivity index (χ1v) is 12.6. The number of hydrogen-bond acceptors (Lipinski definition) is 8. The average molecular weight is 484 g/mol. The zero-order chi connectivity index (χ0) is 24.9.